The molecule has 1 atom stereocenters. The van der Waals surface area contributed by atoms with Gasteiger partial charge in [-0.15, -0.1) is 0 Å². The fourth-order valence-electron chi connectivity index (χ4n) is 2.73. The van der Waals surface area contributed by atoms with Crippen molar-refractivity contribution in [2.45, 2.75) is 26.7 Å². The molecular formula is C16H23N3O3. The van der Waals surface area contributed by atoms with Crippen LogP contribution in [0.15, 0.2) is 18.3 Å². The van der Waals surface area contributed by atoms with Crippen molar-refractivity contribution >= 4 is 17.7 Å². The van der Waals surface area contributed by atoms with E-state index < -0.39 is 11.9 Å². The summed E-state index contributed by atoms with van der Waals surface area (Å²) in [5.41, 5.74) is 0.516. The number of aromatic nitrogens is 1. The van der Waals surface area contributed by atoms with Crippen LogP contribution in [0.25, 0.3) is 0 Å². The molecule has 2 rings (SSSR count). The average Bonchev–Trinajstić information content (AvgIpc) is 3.02. The molecule has 0 aromatic carbocycles. The predicted molar refractivity (Wildman–Crippen MR) is 84.1 cm³/mol. The van der Waals surface area contributed by atoms with E-state index in [-0.39, 0.29) is 12.5 Å². The van der Waals surface area contributed by atoms with Gasteiger partial charge in [-0.1, -0.05) is 6.92 Å². The summed E-state index contributed by atoms with van der Waals surface area (Å²) < 4.78 is 0. The van der Waals surface area contributed by atoms with Crippen LogP contribution in [-0.4, -0.2) is 53.0 Å². The Morgan fingerprint density at radius 2 is 2.18 bits per heavy atom. The summed E-state index contributed by atoms with van der Waals surface area (Å²) in [4.78, 5) is 31.5. The van der Waals surface area contributed by atoms with E-state index >= 15 is 0 Å². The largest absolute Gasteiger partial charge is 0.481 e. The summed E-state index contributed by atoms with van der Waals surface area (Å²) >= 11 is 0. The minimum Gasteiger partial charge on any atom is -0.481 e. The molecule has 0 bridgehead atoms. The third kappa shape index (κ3) is 3.55. The number of pyridine rings is 1. The number of carbonyl (C=O) groups excluding carboxylic acids is 1. The maximum atomic E-state index is 12.4. The van der Waals surface area contributed by atoms with Gasteiger partial charge in [-0.2, -0.15) is 0 Å². The second kappa shape index (κ2) is 7.24. The molecule has 0 saturated carbocycles. The summed E-state index contributed by atoms with van der Waals surface area (Å²) in [5.74, 6) is -0.551. The molecule has 120 valence electrons. The fourth-order valence-corrected chi connectivity index (χ4v) is 2.73. The molecule has 0 unspecified atom stereocenters. The zero-order valence-corrected chi connectivity index (χ0v) is 13.2. The molecule has 22 heavy (non-hydrogen) atoms. The van der Waals surface area contributed by atoms with E-state index in [4.69, 9.17) is 5.11 Å². The Morgan fingerprint density at radius 3 is 2.68 bits per heavy atom. The number of hydrogen-bond donors (Lipinski definition) is 1. The van der Waals surface area contributed by atoms with Gasteiger partial charge in [-0.3, -0.25) is 9.59 Å². The van der Waals surface area contributed by atoms with Crippen molar-refractivity contribution in [3.8, 4) is 0 Å². The lowest BCUT2D eigenvalue weighted by atomic mass is 10.1. The summed E-state index contributed by atoms with van der Waals surface area (Å²) in [6.07, 6.45) is 3.15. The van der Waals surface area contributed by atoms with Gasteiger partial charge in [0.15, 0.2) is 0 Å². The highest BCUT2D eigenvalue weighted by molar-refractivity contribution is 5.94. The number of carboxylic acids is 1. The number of nitrogens with zero attached hydrogens (tertiary/aromatic N) is 3. The van der Waals surface area contributed by atoms with Gasteiger partial charge in [-0.25, -0.2) is 4.98 Å². The Labute approximate surface area is 130 Å². The van der Waals surface area contributed by atoms with Crippen molar-refractivity contribution in [1.82, 2.24) is 9.88 Å². The Balaban J connectivity index is 2.04. The summed E-state index contributed by atoms with van der Waals surface area (Å²) in [6.45, 7) is 6.78. The first kappa shape index (κ1) is 16.3. The molecule has 1 fully saturated rings. The van der Waals surface area contributed by atoms with Crippen molar-refractivity contribution < 1.29 is 14.7 Å². The van der Waals surface area contributed by atoms with Gasteiger partial charge in [0, 0.05) is 32.4 Å². The van der Waals surface area contributed by atoms with Crippen LogP contribution in [0.5, 0.6) is 0 Å². The van der Waals surface area contributed by atoms with Crippen molar-refractivity contribution in [3.05, 3.63) is 23.9 Å². The lowest BCUT2D eigenvalue weighted by molar-refractivity contribution is -0.141. The van der Waals surface area contributed by atoms with Crippen LogP contribution < -0.4 is 4.90 Å². The van der Waals surface area contributed by atoms with Gasteiger partial charge < -0.3 is 14.9 Å². The smallest absolute Gasteiger partial charge is 0.308 e. The number of carbonyl (C=O) groups is 2. The third-order valence-electron chi connectivity index (χ3n) is 4.02. The zero-order chi connectivity index (χ0) is 16.1. The predicted octanol–water partition coefficient (Wildman–Crippen LogP) is 1.86. The van der Waals surface area contributed by atoms with Crippen molar-refractivity contribution in [2.75, 3.05) is 31.1 Å². The molecule has 1 N–H and O–H groups in total. The van der Waals surface area contributed by atoms with Crippen molar-refractivity contribution in [2.24, 2.45) is 5.92 Å². The second-order valence-electron chi connectivity index (χ2n) is 5.56. The Bertz CT molecular complexity index is 530. The van der Waals surface area contributed by atoms with Gasteiger partial charge in [0.1, 0.15) is 5.82 Å². The second-order valence-corrected chi connectivity index (χ2v) is 5.56. The van der Waals surface area contributed by atoms with Crippen LogP contribution in [0.4, 0.5) is 5.82 Å². The monoisotopic (exact) mass is 305 g/mol. The van der Waals surface area contributed by atoms with E-state index in [0.717, 1.165) is 25.3 Å². The highest BCUT2D eigenvalue weighted by Gasteiger charge is 2.31. The molecule has 1 amide bonds. The fraction of sp³-hybridized carbons (Fsp3) is 0.562. The maximum absolute atomic E-state index is 12.4. The Hall–Kier alpha value is -2.11. The number of rotatable bonds is 6. The van der Waals surface area contributed by atoms with Crippen LogP contribution in [0.3, 0.4) is 0 Å². The third-order valence-corrected chi connectivity index (χ3v) is 4.02. The van der Waals surface area contributed by atoms with Crippen molar-refractivity contribution in [3.63, 3.8) is 0 Å². The Kier molecular flexibility index (Phi) is 5.35. The lowest BCUT2D eigenvalue weighted by Crippen LogP contribution is -2.30. The van der Waals surface area contributed by atoms with E-state index in [2.05, 4.69) is 23.7 Å². The SMILES string of the molecule is CCCN(CC)c1ccc(C(=O)N2CC[C@@H](C(=O)O)C2)cn1. The molecule has 1 aliphatic rings. The molecule has 0 spiro atoms. The minimum absolute atomic E-state index is 0.138. The van der Waals surface area contributed by atoms with Gasteiger partial charge in [0.2, 0.25) is 0 Å². The van der Waals surface area contributed by atoms with Crippen LogP contribution in [0, 0.1) is 5.92 Å². The molecule has 1 aliphatic heterocycles. The molecule has 6 heteroatoms. The van der Waals surface area contributed by atoms with Gasteiger partial charge in [0.05, 0.1) is 11.5 Å². The molecule has 0 radical (unpaired) electrons. The maximum Gasteiger partial charge on any atom is 0.308 e. The van der Waals surface area contributed by atoms with Gasteiger partial charge >= 0.3 is 5.97 Å². The van der Waals surface area contributed by atoms with Crippen molar-refractivity contribution in [1.29, 1.82) is 0 Å². The molecule has 1 aromatic heterocycles. The first-order chi connectivity index (χ1) is 10.6. The number of carboxylic acid groups (broad SMARTS) is 1. The summed E-state index contributed by atoms with van der Waals surface area (Å²) in [5, 5.41) is 9.00. The van der Waals surface area contributed by atoms with Crippen LogP contribution in [0.1, 0.15) is 37.0 Å². The molecule has 1 aromatic rings. The number of aliphatic carboxylic acids is 1. The van der Waals surface area contributed by atoms with Crippen LogP contribution in [0.2, 0.25) is 0 Å². The first-order valence-electron chi connectivity index (χ1n) is 7.79. The van der Waals surface area contributed by atoms with Gasteiger partial charge in [-0.05, 0) is 31.9 Å². The van der Waals surface area contributed by atoms with E-state index in [1.807, 2.05) is 6.07 Å². The molecule has 0 aliphatic carbocycles. The topological polar surface area (TPSA) is 73.7 Å². The molecular weight excluding hydrogens is 282 g/mol. The van der Waals surface area contributed by atoms with E-state index in [1.54, 1.807) is 17.2 Å². The van der Waals surface area contributed by atoms with E-state index in [0.29, 0.717) is 18.5 Å². The summed E-state index contributed by atoms with van der Waals surface area (Å²) in [6, 6.07) is 3.63. The zero-order valence-electron chi connectivity index (χ0n) is 13.2. The lowest BCUT2D eigenvalue weighted by Gasteiger charge is -2.21. The van der Waals surface area contributed by atoms with E-state index in [1.165, 1.54) is 0 Å². The first-order valence-corrected chi connectivity index (χ1v) is 7.79. The Morgan fingerprint density at radius 1 is 1.41 bits per heavy atom. The number of anilines is 1. The highest BCUT2D eigenvalue weighted by Crippen LogP contribution is 2.19. The quantitative estimate of drug-likeness (QED) is 0.868. The molecule has 6 nitrogen and oxygen atoms in total. The number of likely N-dealkylation sites (tertiary alicyclic amines) is 1. The highest BCUT2D eigenvalue weighted by atomic mass is 16.4. The number of hydrogen-bond acceptors (Lipinski definition) is 4. The molecule has 2 heterocycles. The van der Waals surface area contributed by atoms with E-state index in [9.17, 15) is 9.59 Å². The average molecular weight is 305 g/mol. The minimum atomic E-state index is -0.832. The van der Waals surface area contributed by atoms with Crippen LogP contribution in [-0.2, 0) is 4.79 Å². The number of amides is 1. The van der Waals surface area contributed by atoms with Gasteiger partial charge in [0.25, 0.3) is 5.91 Å². The standard InChI is InChI=1S/C16H23N3O3/c1-3-8-18(4-2)14-6-5-12(10-17-14)15(20)19-9-7-13(11-19)16(21)22/h5-6,10,13H,3-4,7-9,11H2,1-2H3,(H,21,22)/t13-/m1/s1. The molecule has 1 saturated heterocycles. The summed E-state index contributed by atoms with van der Waals surface area (Å²) in [7, 11) is 0. The van der Waals surface area contributed by atoms with Crippen LogP contribution >= 0.6 is 0 Å². The normalized spacial score (nSPS) is 17.5.